The SMILES string of the molecule is [2H]C(O)[C@H]1N[C@@H]1c1ccccc1. The van der Waals surface area contributed by atoms with E-state index in [9.17, 15) is 0 Å². The molecule has 0 bridgehead atoms. The van der Waals surface area contributed by atoms with Crippen molar-refractivity contribution in [2.75, 3.05) is 6.58 Å². The minimum absolute atomic E-state index is 0.0765. The van der Waals surface area contributed by atoms with Crippen molar-refractivity contribution in [2.24, 2.45) is 0 Å². The fourth-order valence-corrected chi connectivity index (χ4v) is 1.24. The molecule has 1 saturated heterocycles. The van der Waals surface area contributed by atoms with Gasteiger partial charge in [-0.15, -0.1) is 0 Å². The normalized spacial score (nSPS) is 32.6. The second kappa shape index (κ2) is 2.64. The Hall–Kier alpha value is -0.860. The second-order valence-corrected chi connectivity index (χ2v) is 2.73. The van der Waals surface area contributed by atoms with Crippen LogP contribution in [0, 0.1) is 0 Å². The summed E-state index contributed by atoms with van der Waals surface area (Å²) in [4.78, 5) is 0. The molecule has 2 heteroatoms. The first-order valence-electron chi connectivity index (χ1n) is 4.28. The molecule has 1 fully saturated rings. The summed E-state index contributed by atoms with van der Waals surface area (Å²) in [5, 5.41) is 12.0. The lowest BCUT2D eigenvalue weighted by molar-refractivity contribution is 0.294. The smallest absolute Gasteiger partial charge is 0.0603 e. The van der Waals surface area contributed by atoms with Gasteiger partial charge in [0.05, 0.1) is 20.0 Å². The summed E-state index contributed by atoms with van der Waals surface area (Å²) < 4.78 is 7.07. The van der Waals surface area contributed by atoms with Crippen LogP contribution in [0.25, 0.3) is 0 Å². The molecule has 3 atom stereocenters. The van der Waals surface area contributed by atoms with Gasteiger partial charge in [0, 0.05) is 0 Å². The van der Waals surface area contributed by atoms with E-state index in [1.807, 2.05) is 30.3 Å². The van der Waals surface area contributed by atoms with Gasteiger partial charge in [-0.2, -0.15) is 0 Å². The van der Waals surface area contributed by atoms with E-state index in [4.69, 9.17) is 6.48 Å². The summed E-state index contributed by atoms with van der Waals surface area (Å²) in [6.45, 7) is -1.00. The van der Waals surface area contributed by atoms with Crippen LogP contribution in [0.15, 0.2) is 30.3 Å². The standard InChI is InChI=1S/C9H11NO/c11-6-8-9(10-8)7-4-2-1-3-5-7/h1-5,8-11H,6H2/t8-,9-/m1/s1/i6D/t6?,8-,9-. The summed E-state index contributed by atoms with van der Waals surface area (Å²) in [6, 6.07) is 9.98. The van der Waals surface area contributed by atoms with Crippen LogP contribution in [-0.2, 0) is 0 Å². The molecule has 11 heavy (non-hydrogen) atoms. The fraction of sp³-hybridized carbons (Fsp3) is 0.333. The first kappa shape index (κ1) is 5.75. The average Bonchev–Trinajstić information content (AvgIpc) is 2.84. The molecule has 2 nitrogen and oxygen atoms in total. The first-order valence-corrected chi connectivity index (χ1v) is 3.70. The zero-order valence-corrected chi connectivity index (χ0v) is 6.07. The van der Waals surface area contributed by atoms with E-state index in [2.05, 4.69) is 5.32 Å². The molecule has 1 unspecified atom stereocenters. The number of nitrogens with one attached hydrogen (secondary N) is 1. The van der Waals surface area contributed by atoms with Crippen molar-refractivity contribution in [2.45, 2.75) is 12.1 Å². The van der Waals surface area contributed by atoms with E-state index in [1.54, 1.807) is 0 Å². The molecule has 2 N–H and O–H groups in total. The van der Waals surface area contributed by atoms with Crippen molar-refractivity contribution in [3.63, 3.8) is 0 Å². The molecule has 0 amide bonds. The van der Waals surface area contributed by atoms with Crippen molar-refractivity contribution < 1.29 is 6.48 Å². The Kier molecular flexibility index (Phi) is 1.38. The molecule has 0 spiro atoms. The predicted octanol–water partition coefficient (Wildman–Crippen LogP) is 0.692. The van der Waals surface area contributed by atoms with Crippen LogP contribution in [0.1, 0.15) is 13.0 Å². The molecule has 1 aliphatic heterocycles. The third kappa shape index (κ3) is 1.27. The summed E-state index contributed by atoms with van der Waals surface area (Å²) in [6.07, 6.45) is 0. The first-order chi connectivity index (χ1) is 5.79. The van der Waals surface area contributed by atoms with Crippen LogP contribution in [0.4, 0.5) is 0 Å². The lowest BCUT2D eigenvalue weighted by atomic mass is 10.1. The number of aliphatic hydroxyl groups is 1. The number of aliphatic hydroxyl groups excluding tert-OH is 1. The molecule has 1 aromatic carbocycles. The zero-order chi connectivity index (χ0) is 8.55. The van der Waals surface area contributed by atoms with Crippen molar-refractivity contribution >= 4 is 0 Å². The van der Waals surface area contributed by atoms with E-state index in [0.717, 1.165) is 5.56 Å². The van der Waals surface area contributed by atoms with Gasteiger partial charge in [-0.3, -0.25) is 0 Å². The van der Waals surface area contributed by atoms with Crippen LogP contribution < -0.4 is 5.32 Å². The van der Waals surface area contributed by atoms with E-state index in [-0.39, 0.29) is 12.1 Å². The van der Waals surface area contributed by atoms with Crippen molar-refractivity contribution in [3.05, 3.63) is 35.9 Å². The molecule has 0 aliphatic carbocycles. The van der Waals surface area contributed by atoms with Gasteiger partial charge >= 0.3 is 0 Å². The van der Waals surface area contributed by atoms with Gasteiger partial charge in [0.25, 0.3) is 0 Å². The van der Waals surface area contributed by atoms with Gasteiger partial charge in [-0.25, -0.2) is 0 Å². The summed E-state index contributed by atoms with van der Waals surface area (Å²) in [7, 11) is 0. The van der Waals surface area contributed by atoms with Crippen LogP contribution in [0.5, 0.6) is 0 Å². The van der Waals surface area contributed by atoms with Crippen molar-refractivity contribution in [1.29, 1.82) is 0 Å². The third-order valence-corrected chi connectivity index (χ3v) is 1.94. The Balaban J connectivity index is 2.06. The van der Waals surface area contributed by atoms with E-state index < -0.39 is 6.58 Å². The molecule has 0 saturated carbocycles. The number of benzene rings is 1. The third-order valence-electron chi connectivity index (χ3n) is 1.94. The highest BCUT2D eigenvalue weighted by molar-refractivity contribution is 5.25. The predicted molar refractivity (Wildman–Crippen MR) is 43.2 cm³/mol. The summed E-state index contributed by atoms with van der Waals surface area (Å²) in [5.74, 6) is 0. The molecular weight excluding hydrogens is 138 g/mol. The van der Waals surface area contributed by atoms with Gasteiger partial charge in [0.2, 0.25) is 0 Å². The lowest BCUT2D eigenvalue weighted by Gasteiger charge is -1.93. The van der Waals surface area contributed by atoms with Crippen LogP contribution in [-0.4, -0.2) is 17.7 Å². The Labute approximate surface area is 67.3 Å². The quantitative estimate of drug-likeness (QED) is 0.609. The maximum Gasteiger partial charge on any atom is 0.0603 e. The van der Waals surface area contributed by atoms with Crippen LogP contribution in [0.3, 0.4) is 0 Å². The highest BCUT2D eigenvalue weighted by Gasteiger charge is 2.36. The molecule has 1 heterocycles. The average molecular weight is 150 g/mol. The van der Waals surface area contributed by atoms with E-state index in [0.29, 0.717) is 0 Å². The Bertz CT molecular complexity index is 262. The lowest BCUT2D eigenvalue weighted by Crippen LogP contribution is -1.95. The molecule has 58 valence electrons. The van der Waals surface area contributed by atoms with Gasteiger partial charge in [-0.1, -0.05) is 30.3 Å². The second-order valence-electron chi connectivity index (χ2n) is 2.73. The number of hydrogen-bond donors (Lipinski definition) is 2. The number of hydrogen-bond acceptors (Lipinski definition) is 2. The molecular formula is C9H11NO. The van der Waals surface area contributed by atoms with Gasteiger partial charge in [-0.05, 0) is 5.56 Å². The monoisotopic (exact) mass is 150 g/mol. The Morgan fingerprint density at radius 3 is 2.73 bits per heavy atom. The molecule has 0 aromatic heterocycles. The van der Waals surface area contributed by atoms with Gasteiger partial charge < -0.3 is 10.4 Å². The molecule has 2 rings (SSSR count). The minimum Gasteiger partial charge on any atom is -0.395 e. The largest absolute Gasteiger partial charge is 0.395 e. The minimum atomic E-state index is -1.00. The summed E-state index contributed by atoms with van der Waals surface area (Å²) in [5.41, 5.74) is 1.15. The Morgan fingerprint density at radius 1 is 1.45 bits per heavy atom. The fourth-order valence-electron chi connectivity index (χ4n) is 1.24. The summed E-state index contributed by atoms with van der Waals surface area (Å²) >= 11 is 0. The maximum atomic E-state index is 8.93. The molecule has 1 aromatic rings. The van der Waals surface area contributed by atoms with Crippen LogP contribution >= 0.6 is 0 Å². The number of rotatable bonds is 2. The van der Waals surface area contributed by atoms with E-state index >= 15 is 0 Å². The highest BCUT2D eigenvalue weighted by atomic mass is 16.3. The van der Waals surface area contributed by atoms with Crippen molar-refractivity contribution in [3.8, 4) is 0 Å². The van der Waals surface area contributed by atoms with E-state index in [1.165, 1.54) is 0 Å². The topological polar surface area (TPSA) is 42.2 Å². The van der Waals surface area contributed by atoms with Crippen LogP contribution in [0.2, 0.25) is 0 Å². The Morgan fingerprint density at radius 2 is 2.18 bits per heavy atom. The highest BCUT2D eigenvalue weighted by Crippen LogP contribution is 2.28. The maximum absolute atomic E-state index is 8.93. The van der Waals surface area contributed by atoms with Crippen molar-refractivity contribution in [1.82, 2.24) is 5.32 Å². The molecule has 1 aliphatic rings. The van der Waals surface area contributed by atoms with Gasteiger partial charge in [0.1, 0.15) is 0 Å². The molecule has 0 radical (unpaired) electrons. The zero-order valence-electron chi connectivity index (χ0n) is 7.07. The van der Waals surface area contributed by atoms with Gasteiger partial charge in [0.15, 0.2) is 0 Å².